The minimum absolute atomic E-state index is 0.229. The van der Waals surface area contributed by atoms with Gasteiger partial charge in [0.25, 0.3) is 0 Å². The maximum absolute atomic E-state index is 12.9. The average Bonchev–Trinajstić information content (AvgIpc) is 2.94. The van der Waals surface area contributed by atoms with Crippen LogP contribution in [-0.2, 0) is 22.7 Å². The molecule has 0 amide bonds. The van der Waals surface area contributed by atoms with Crippen molar-refractivity contribution < 1.29 is 40.2 Å². The van der Waals surface area contributed by atoms with E-state index in [2.05, 4.69) is 18.2 Å². The van der Waals surface area contributed by atoms with E-state index in [4.69, 9.17) is 4.74 Å². The number of unbranched alkanes of at least 4 members (excludes halogenated alkanes) is 2. The van der Waals surface area contributed by atoms with Crippen LogP contribution in [-0.4, -0.2) is 43.7 Å². The van der Waals surface area contributed by atoms with Crippen molar-refractivity contribution in [1.82, 2.24) is 0 Å². The van der Waals surface area contributed by atoms with E-state index in [9.17, 15) is 35.5 Å². The molecule has 0 spiro atoms. The van der Waals surface area contributed by atoms with E-state index < -0.39 is 40.5 Å². The molecule has 1 N–H and O–H groups in total. The molecule has 3 rings (SSSR count). The molecule has 228 valence electrons. The van der Waals surface area contributed by atoms with Crippen molar-refractivity contribution in [1.29, 1.82) is 0 Å². The third kappa shape index (κ3) is 11.1. The van der Waals surface area contributed by atoms with Crippen LogP contribution in [0, 0.1) is 0 Å². The van der Waals surface area contributed by atoms with Crippen molar-refractivity contribution in [2.75, 3.05) is 18.1 Å². The molecule has 0 radical (unpaired) electrons. The lowest BCUT2D eigenvalue weighted by Crippen LogP contribution is -2.36. The number of rotatable bonds is 16. The van der Waals surface area contributed by atoms with Crippen LogP contribution in [0.2, 0.25) is 0 Å². The quantitative estimate of drug-likeness (QED) is 0.131. The zero-order chi connectivity index (χ0) is 30.6. The van der Waals surface area contributed by atoms with E-state index in [-0.39, 0.29) is 17.9 Å². The predicted octanol–water partition coefficient (Wildman–Crippen LogP) is 8.20. The third-order valence-corrected chi connectivity index (χ3v) is 8.53. The Balaban J connectivity index is 1.41. The van der Waals surface area contributed by atoms with E-state index in [1.54, 1.807) is 12.1 Å². The largest absolute Gasteiger partial charge is 0.508 e. The van der Waals surface area contributed by atoms with Gasteiger partial charge in [0.2, 0.25) is 0 Å². The number of sulfone groups is 1. The van der Waals surface area contributed by atoms with Gasteiger partial charge in [-0.2, -0.15) is 22.0 Å². The van der Waals surface area contributed by atoms with Gasteiger partial charge in [0.05, 0.1) is 18.1 Å². The Labute approximate surface area is 243 Å². The zero-order valence-corrected chi connectivity index (χ0v) is 23.9. The number of hydrogen-bond acceptors (Lipinski definition) is 4. The van der Waals surface area contributed by atoms with Gasteiger partial charge in [0.1, 0.15) is 21.3 Å². The monoisotopic (exact) mass is 610 g/mol. The number of ether oxygens (including phenoxy) is 1. The van der Waals surface area contributed by atoms with Crippen molar-refractivity contribution in [3.8, 4) is 11.5 Å². The highest BCUT2D eigenvalue weighted by Gasteiger charge is 2.56. The van der Waals surface area contributed by atoms with Gasteiger partial charge in [-0.1, -0.05) is 60.7 Å². The molecule has 0 atom stereocenters. The Bertz CT molecular complexity index is 1370. The van der Waals surface area contributed by atoms with Crippen molar-refractivity contribution in [2.24, 2.45) is 0 Å². The molecule has 3 aromatic carbocycles. The van der Waals surface area contributed by atoms with Gasteiger partial charge in [-0.3, -0.25) is 0 Å². The molecular weight excluding hydrogens is 575 g/mol. The molecule has 4 nitrogen and oxygen atoms in total. The number of benzene rings is 3. The van der Waals surface area contributed by atoms with E-state index in [0.29, 0.717) is 31.6 Å². The molecule has 10 heteroatoms. The second kappa shape index (κ2) is 15.2. The van der Waals surface area contributed by atoms with Crippen LogP contribution >= 0.6 is 0 Å². The summed E-state index contributed by atoms with van der Waals surface area (Å²) in [4.78, 5) is 0. The van der Waals surface area contributed by atoms with Crippen LogP contribution in [0.5, 0.6) is 11.5 Å². The maximum Gasteiger partial charge on any atom is 0.453 e. The Morgan fingerprint density at radius 2 is 1.38 bits per heavy atom. The van der Waals surface area contributed by atoms with E-state index >= 15 is 0 Å². The summed E-state index contributed by atoms with van der Waals surface area (Å²) in [5.41, 5.74) is 4.48. The molecule has 0 bridgehead atoms. The van der Waals surface area contributed by atoms with Gasteiger partial charge in [-0.15, -0.1) is 0 Å². The number of alkyl halides is 5. The minimum Gasteiger partial charge on any atom is -0.508 e. The molecule has 3 aromatic rings. The highest BCUT2D eigenvalue weighted by molar-refractivity contribution is 7.91. The smallest absolute Gasteiger partial charge is 0.453 e. The summed E-state index contributed by atoms with van der Waals surface area (Å²) in [7, 11) is -3.70. The van der Waals surface area contributed by atoms with Gasteiger partial charge in [-0.05, 0) is 85.1 Å². The van der Waals surface area contributed by atoms with Crippen LogP contribution in [0.1, 0.15) is 48.8 Å². The summed E-state index contributed by atoms with van der Waals surface area (Å²) in [6, 6.07) is 25.0. The Kier molecular flexibility index (Phi) is 12.0. The lowest BCUT2D eigenvalue weighted by Gasteiger charge is -2.19. The summed E-state index contributed by atoms with van der Waals surface area (Å²) in [6.07, 6.45) is -2.95. The van der Waals surface area contributed by atoms with Gasteiger partial charge in [-0.25, -0.2) is 8.42 Å². The first kappa shape index (κ1) is 33.1. The molecule has 0 saturated heterocycles. The van der Waals surface area contributed by atoms with Crippen LogP contribution in [0.3, 0.4) is 0 Å². The van der Waals surface area contributed by atoms with Crippen molar-refractivity contribution >= 4 is 15.4 Å². The first-order chi connectivity index (χ1) is 19.8. The second-order valence-electron chi connectivity index (χ2n) is 10.2. The molecule has 0 aliphatic carbocycles. The van der Waals surface area contributed by atoms with Crippen LogP contribution in [0.25, 0.3) is 5.57 Å². The molecule has 0 heterocycles. The van der Waals surface area contributed by atoms with Crippen LogP contribution in [0.4, 0.5) is 22.0 Å². The van der Waals surface area contributed by atoms with Crippen molar-refractivity contribution in [3.05, 3.63) is 102 Å². The third-order valence-electron chi connectivity index (χ3n) is 6.71. The zero-order valence-electron chi connectivity index (χ0n) is 23.1. The number of hydrogen-bond donors (Lipinski definition) is 1. The lowest BCUT2D eigenvalue weighted by molar-refractivity contribution is -0.284. The number of phenols is 1. The van der Waals surface area contributed by atoms with Crippen LogP contribution in [0.15, 0.2) is 84.9 Å². The van der Waals surface area contributed by atoms with Crippen LogP contribution < -0.4 is 4.74 Å². The van der Waals surface area contributed by atoms with Gasteiger partial charge in [0.15, 0.2) is 0 Å². The predicted molar refractivity (Wildman–Crippen MR) is 155 cm³/mol. The molecule has 0 aromatic heterocycles. The Hall–Kier alpha value is -3.40. The summed E-state index contributed by atoms with van der Waals surface area (Å²) in [5, 5.41) is 9.58. The topological polar surface area (TPSA) is 63.6 Å². The highest BCUT2D eigenvalue weighted by atomic mass is 32.2. The standard InChI is InChI=1S/C32H35F5O4S/c33-31(34,32(35,36)37)20-7-23-42(39,40)22-6-2-5-21-41-30-18-13-25(14-19-30)10-15-28(27-8-3-1-4-9-27)24-26-11-16-29(38)17-12-26/h1,3-4,8-9,11-19,38H,2,5-7,10,20-24H2/b28-15+. The molecule has 0 fully saturated rings. The van der Waals surface area contributed by atoms with E-state index in [1.807, 2.05) is 54.6 Å². The molecule has 0 aliphatic heterocycles. The SMILES string of the molecule is O=S(=O)(CCCCCOc1ccc(C/C=C(\Cc2ccc(O)cc2)c2ccccc2)cc1)CCCC(F)(F)C(F)(F)F. The lowest BCUT2D eigenvalue weighted by atomic mass is 9.96. The number of allylic oxidation sites excluding steroid dienone is 2. The van der Waals surface area contributed by atoms with Gasteiger partial charge in [0, 0.05) is 6.42 Å². The summed E-state index contributed by atoms with van der Waals surface area (Å²) < 4.78 is 92.1. The molecule has 0 aliphatic rings. The number of halogens is 5. The number of aromatic hydroxyl groups is 1. The first-order valence-electron chi connectivity index (χ1n) is 13.7. The van der Waals surface area contributed by atoms with Crippen molar-refractivity contribution in [3.63, 3.8) is 0 Å². The summed E-state index contributed by atoms with van der Waals surface area (Å²) in [6.45, 7) is 0.363. The molecular formula is C32H35F5O4S. The van der Waals surface area contributed by atoms with Crippen molar-refractivity contribution in [2.45, 2.75) is 57.0 Å². The average molecular weight is 611 g/mol. The fourth-order valence-corrected chi connectivity index (χ4v) is 5.72. The highest BCUT2D eigenvalue weighted by Crippen LogP contribution is 2.38. The maximum atomic E-state index is 12.9. The number of phenolic OH excluding ortho intramolecular Hbond substituents is 1. The molecule has 0 saturated carbocycles. The molecule has 42 heavy (non-hydrogen) atoms. The Morgan fingerprint density at radius 1 is 0.762 bits per heavy atom. The van der Waals surface area contributed by atoms with E-state index in [0.717, 1.165) is 23.1 Å². The summed E-state index contributed by atoms with van der Waals surface area (Å²) in [5.74, 6) is -4.93. The fourth-order valence-electron chi connectivity index (χ4n) is 4.29. The second-order valence-corrected chi connectivity index (χ2v) is 12.5. The molecule has 0 unspecified atom stereocenters. The van der Waals surface area contributed by atoms with E-state index in [1.165, 1.54) is 5.57 Å². The first-order valence-corrected chi connectivity index (χ1v) is 15.6. The fraction of sp³-hybridized carbons (Fsp3) is 0.375. The minimum atomic E-state index is -5.67. The normalized spacial score (nSPS) is 12.8. The Morgan fingerprint density at radius 3 is 2.02 bits per heavy atom. The van der Waals surface area contributed by atoms with Gasteiger partial charge >= 0.3 is 12.1 Å². The van der Waals surface area contributed by atoms with Gasteiger partial charge < -0.3 is 9.84 Å². The summed E-state index contributed by atoms with van der Waals surface area (Å²) >= 11 is 0.